The van der Waals surface area contributed by atoms with Crippen LogP contribution in [0, 0.1) is 6.92 Å². The Kier molecular flexibility index (Phi) is 37.6. The van der Waals surface area contributed by atoms with Crippen LogP contribution in [0.1, 0.15) is 16.7 Å². The standard InChI is InChI=1S/C27H39NO10S.C20H33NO8/c1-24-7-9-26(10-8-24)39(30,31)38-22-21-36-20-19-35-18-17-34-16-15-33-14-13-32-12-11-28-27(29)37-23-25-5-3-2-4-6-25;22-7-9-25-11-13-27-15-17-28-16-14-26-12-10-24-8-6-21-20(23)29-18-19-4-2-1-3-5-19/h2-10H,11-23H2,1H3,(H,28,29);1-5,22H,6-18H2,(H,21,23). The third kappa shape index (κ3) is 35.8. The Morgan fingerprint density at radius 1 is 0.426 bits per heavy atom. The van der Waals surface area contributed by atoms with Crippen LogP contribution >= 0.6 is 0 Å². The summed E-state index contributed by atoms with van der Waals surface area (Å²) in [4.78, 5) is 23.3. The van der Waals surface area contributed by atoms with Crippen LogP contribution < -0.4 is 10.6 Å². The Morgan fingerprint density at radius 2 is 0.735 bits per heavy atom. The Labute approximate surface area is 401 Å². The highest BCUT2D eigenvalue weighted by atomic mass is 32.2. The molecule has 0 saturated heterocycles. The summed E-state index contributed by atoms with van der Waals surface area (Å²) in [5, 5.41) is 13.8. The zero-order chi connectivity index (χ0) is 48.9. The average molecular weight is 985 g/mol. The molecule has 3 rings (SSSR count). The van der Waals surface area contributed by atoms with Crippen LogP contribution in [0.3, 0.4) is 0 Å². The summed E-state index contributed by atoms with van der Waals surface area (Å²) in [7, 11) is -3.77. The van der Waals surface area contributed by atoms with Crippen molar-refractivity contribution >= 4 is 22.3 Å². The Hall–Kier alpha value is -4.33. The van der Waals surface area contributed by atoms with Gasteiger partial charge in [-0.05, 0) is 30.2 Å². The van der Waals surface area contributed by atoms with Crippen LogP contribution in [0.15, 0.2) is 89.8 Å². The van der Waals surface area contributed by atoms with E-state index in [1.54, 1.807) is 12.1 Å². The Morgan fingerprint density at radius 3 is 1.07 bits per heavy atom. The smallest absolute Gasteiger partial charge is 0.407 e. The maximum Gasteiger partial charge on any atom is 0.407 e. The first-order valence-corrected chi connectivity index (χ1v) is 23.9. The van der Waals surface area contributed by atoms with Gasteiger partial charge in [0.25, 0.3) is 10.1 Å². The van der Waals surface area contributed by atoms with Crippen molar-refractivity contribution in [2.24, 2.45) is 0 Å². The molecule has 20 nitrogen and oxygen atoms in total. The van der Waals surface area contributed by atoms with E-state index in [1.165, 1.54) is 12.1 Å². The maximum atomic E-state index is 12.0. The molecule has 3 N–H and O–H groups in total. The van der Waals surface area contributed by atoms with E-state index in [9.17, 15) is 18.0 Å². The highest BCUT2D eigenvalue weighted by molar-refractivity contribution is 7.86. The minimum absolute atomic E-state index is 0.0227. The monoisotopic (exact) mass is 984 g/mol. The molecule has 0 aliphatic heterocycles. The molecule has 3 aromatic carbocycles. The second-order valence-electron chi connectivity index (χ2n) is 13.9. The van der Waals surface area contributed by atoms with E-state index in [2.05, 4.69) is 10.6 Å². The van der Waals surface area contributed by atoms with Gasteiger partial charge >= 0.3 is 12.2 Å². The molecule has 0 heterocycles. The molecule has 0 spiro atoms. The van der Waals surface area contributed by atoms with Crippen LogP contribution in [0.25, 0.3) is 0 Å². The molecule has 0 fully saturated rings. The number of benzene rings is 3. The average Bonchev–Trinajstić information content (AvgIpc) is 3.35. The van der Waals surface area contributed by atoms with E-state index in [4.69, 9.17) is 66.1 Å². The molecule has 0 aliphatic rings. The number of aliphatic hydroxyl groups is 1. The molecule has 0 radical (unpaired) electrons. The summed E-state index contributed by atoms with van der Waals surface area (Å²) in [5.41, 5.74) is 2.84. The highest BCUT2D eigenvalue weighted by Gasteiger charge is 2.14. The normalized spacial score (nSPS) is 11.1. The van der Waals surface area contributed by atoms with Gasteiger partial charge in [0.15, 0.2) is 0 Å². The number of hydrogen-bond donors (Lipinski definition) is 3. The number of aryl methyl sites for hydroxylation is 1. The van der Waals surface area contributed by atoms with Crippen molar-refractivity contribution in [1.82, 2.24) is 10.6 Å². The third-order valence-electron chi connectivity index (χ3n) is 8.44. The van der Waals surface area contributed by atoms with Crippen LogP contribution in [0.4, 0.5) is 9.59 Å². The van der Waals surface area contributed by atoms with Crippen molar-refractivity contribution in [3.8, 4) is 0 Å². The van der Waals surface area contributed by atoms with Crippen LogP contribution in [0.2, 0.25) is 0 Å². The number of carbonyl (C=O) groups is 2. The summed E-state index contributed by atoms with van der Waals surface area (Å²) in [6.45, 7) is 11.3. The van der Waals surface area contributed by atoms with Crippen molar-refractivity contribution in [3.63, 3.8) is 0 Å². The highest BCUT2D eigenvalue weighted by Crippen LogP contribution is 2.13. The molecule has 0 aliphatic carbocycles. The summed E-state index contributed by atoms with van der Waals surface area (Å²) in [6.07, 6.45) is -0.948. The van der Waals surface area contributed by atoms with Gasteiger partial charge in [0.05, 0.1) is 150 Å². The molecule has 0 atom stereocenters. The molecule has 384 valence electrons. The van der Waals surface area contributed by atoms with E-state index >= 15 is 0 Å². The van der Waals surface area contributed by atoms with Gasteiger partial charge < -0.3 is 72.6 Å². The van der Waals surface area contributed by atoms with Crippen molar-refractivity contribution in [2.45, 2.75) is 25.0 Å². The number of aliphatic hydroxyl groups excluding tert-OH is 1. The predicted molar refractivity (Wildman–Crippen MR) is 249 cm³/mol. The van der Waals surface area contributed by atoms with Crippen LogP contribution in [-0.4, -0.2) is 184 Å². The van der Waals surface area contributed by atoms with E-state index in [0.29, 0.717) is 139 Å². The first-order valence-electron chi connectivity index (χ1n) is 22.5. The lowest BCUT2D eigenvalue weighted by Gasteiger charge is -2.09. The quantitative estimate of drug-likeness (QED) is 0.0543. The minimum atomic E-state index is -3.77. The number of nitrogens with one attached hydrogen (secondary N) is 2. The molecule has 0 bridgehead atoms. The number of carbonyl (C=O) groups excluding carboxylic acids is 2. The molecule has 68 heavy (non-hydrogen) atoms. The Bertz CT molecular complexity index is 1730. The van der Waals surface area contributed by atoms with Gasteiger partial charge in [0.1, 0.15) is 13.2 Å². The SMILES string of the molecule is Cc1ccc(S(=O)(=O)OCCOCCOCCOCCOCCOCCNC(=O)OCc2ccccc2)cc1.O=C(NCCOCCOCCOCCOCCOCCO)OCc1ccccc1. The zero-order valence-electron chi connectivity index (χ0n) is 39.3. The summed E-state index contributed by atoms with van der Waals surface area (Å²) in [6, 6.07) is 25.4. The van der Waals surface area contributed by atoms with Gasteiger partial charge in [-0.2, -0.15) is 8.42 Å². The van der Waals surface area contributed by atoms with Gasteiger partial charge in [-0.15, -0.1) is 0 Å². The largest absolute Gasteiger partial charge is 0.445 e. The molecule has 0 saturated carbocycles. The number of ether oxygens (including phenoxy) is 12. The van der Waals surface area contributed by atoms with Crippen molar-refractivity contribution in [3.05, 3.63) is 102 Å². The third-order valence-corrected chi connectivity index (χ3v) is 9.77. The molecule has 21 heteroatoms. The second kappa shape index (κ2) is 42.7. The van der Waals surface area contributed by atoms with Crippen LogP contribution in [0.5, 0.6) is 0 Å². The first kappa shape index (κ1) is 59.8. The molecule has 0 unspecified atom stereocenters. The maximum absolute atomic E-state index is 12.0. The van der Waals surface area contributed by atoms with Gasteiger partial charge in [-0.25, -0.2) is 9.59 Å². The lowest BCUT2D eigenvalue weighted by molar-refractivity contribution is -0.0130. The summed E-state index contributed by atoms with van der Waals surface area (Å²) in [5.74, 6) is 0. The molecule has 3 aromatic rings. The fraction of sp³-hybridized carbons (Fsp3) is 0.574. The fourth-order valence-corrected chi connectivity index (χ4v) is 5.90. The van der Waals surface area contributed by atoms with Gasteiger partial charge in [0.2, 0.25) is 0 Å². The van der Waals surface area contributed by atoms with Crippen molar-refractivity contribution in [2.75, 3.05) is 158 Å². The number of hydrogen-bond acceptors (Lipinski definition) is 18. The van der Waals surface area contributed by atoms with Gasteiger partial charge in [-0.3, -0.25) is 4.18 Å². The zero-order valence-corrected chi connectivity index (χ0v) is 40.1. The van der Waals surface area contributed by atoms with Gasteiger partial charge in [0, 0.05) is 13.1 Å². The second-order valence-corrected chi connectivity index (χ2v) is 15.5. The molecular formula is C47H72N2O18S. The van der Waals surface area contributed by atoms with E-state index in [0.717, 1.165) is 16.7 Å². The lowest BCUT2D eigenvalue weighted by atomic mass is 10.2. The van der Waals surface area contributed by atoms with E-state index in [-0.39, 0.29) is 37.9 Å². The van der Waals surface area contributed by atoms with Gasteiger partial charge in [-0.1, -0.05) is 78.4 Å². The number of alkyl carbamates (subject to hydrolysis) is 2. The minimum Gasteiger partial charge on any atom is -0.445 e. The molecule has 2 amide bonds. The van der Waals surface area contributed by atoms with Crippen molar-refractivity contribution in [1.29, 1.82) is 0 Å². The van der Waals surface area contributed by atoms with Crippen molar-refractivity contribution < 1.29 is 84.1 Å². The Balaban J connectivity index is 0.000000488. The summed E-state index contributed by atoms with van der Waals surface area (Å²) < 4.78 is 92.6. The topological polar surface area (TPSA) is 233 Å². The van der Waals surface area contributed by atoms with E-state index in [1.807, 2.05) is 67.6 Å². The van der Waals surface area contributed by atoms with E-state index < -0.39 is 22.3 Å². The lowest BCUT2D eigenvalue weighted by Crippen LogP contribution is -2.28. The fourth-order valence-electron chi connectivity index (χ4n) is 5.00. The summed E-state index contributed by atoms with van der Waals surface area (Å²) >= 11 is 0. The molecular weight excluding hydrogens is 913 g/mol. The van der Waals surface area contributed by atoms with Crippen LogP contribution in [-0.2, 0) is 84.4 Å². The first-order chi connectivity index (χ1) is 33.3. The molecule has 0 aromatic heterocycles. The predicted octanol–water partition coefficient (Wildman–Crippen LogP) is 3.70. The number of rotatable bonds is 41. The number of amides is 2.